The van der Waals surface area contributed by atoms with Gasteiger partial charge in [0.05, 0.1) is 9.90 Å². The molecule has 0 aliphatic heterocycles. The number of carboxylic acid groups (broad SMARTS) is 1. The maximum absolute atomic E-state index is 11.9. The Balaban J connectivity index is 2.19. The van der Waals surface area contributed by atoms with E-state index in [1.807, 2.05) is 4.72 Å². The third-order valence-corrected chi connectivity index (χ3v) is 5.34. The summed E-state index contributed by atoms with van der Waals surface area (Å²) in [5.41, 5.74) is -0.328. The summed E-state index contributed by atoms with van der Waals surface area (Å²) < 4.78 is 25.8. The van der Waals surface area contributed by atoms with Crippen molar-refractivity contribution in [2.24, 2.45) is 0 Å². The summed E-state index contributed by atoms with van der Waals surface area (Å²) in [4.78, 5) is 26.0. The van der Waals surface area contributed by atoms with Gasteiger partial charge in [0.25, 0.3) is 15.9 Å². The minimum Gasteiger partial charge on any atom is -0.477 e. The molecule has 0 aromatic carbocycles. The number of amides is 1. The van der Waals surface area contributed by atoms with Gasteiger partial charge in [-0.3, -0.25) is 4.79 Å². The molecular weight excluding hydrogens is 340 g/mol. The van der Waals surface area contributed by atoms with Crippen LogP contribution in [-0.2, 0) is 10.0 Å². The maximum atomic E-state index is 11.9. The highest BCUT2D eigenvalue weighted by Gasteiger charge is 2.21. The molecule has 110 valence electrons. The number of pyridine rings is 1. The van der Waals surface area contributed by atoms with E-state index in [0.29, 0.717) is 0 Å². The predicted octanol–water partition coefficient (Wildman–Crippen LogP) is 1.61. The third kappa shape index (κ3) is 3.57. The fourth-order valence-electron chi connectivity index (χ4n) is 1.33. The number of carboxylic acids is 1. The van der Waals surface area contributed by atoms with E-state index in [9.17, 15) is 18.0 Å². The Bertz CT molecular complexity index is 798. The Morgan fingerprint density at radius 1 is 1.24 bits per heavy atom. The number of hydrogen-bond donors (Lipinski definition) is 2. The van der Waals surface area contributed by atoms with E-state index < -0.39 is 21.9 Å². The Morgan fingerprint density at radius 2 is 1.95 bits per heavy atom. The van der Waals surface area contributed by atoms with E-state index >= 15 is 0 Å². The quantitative estimate of drug-likeness (QED) is 0.869. The van der Waals surface area contributed by atoms with Crippen molar-refractivity contribution in [3.63, 3.8) is 0 Å². The Morgan fingerprint density at radius 3 is 2.43 bits per heavy atom. The molecular formula is C11H7ClN2O5S2. The number of aromatic nitrogens is 1. The number of hydrogen-bond acceptors (Lipinski definition) is 6. The summed E-state index contributed by atoms with van der Waals surface area (Å²) in [7, 11) is -4.02. The summed E-state index contributed by atoms with van der Waals surface area (Å²) in [5, 5.41) is 8.68. The monoisotopic (exact) mass is 346 g/mol. The molecule has 0 spiro atoms. The summed E-state index contributed by atoms with van der Waals surface area (Å²) in [6.07, 6.45) is 0.982. The Labute approximate surface area is 128 Å². The van der Waals surface area contributed by atoms with Gasteiger partial charge in [-0.25, -0.2) is 22.9 Å². The molecule has 0 atom stereocenters. The van der Waals surface area contributed by atoms with Gasteiger partial charge in [-0.15, -0.1) is 11.3 Å². The maximum Gasteiger partial charge on any atom is 0.354 e. The highest BCUT2D eigenvalue weighted by Crippen LogP contribution is 2.25. The third-order valence-electron chi connectivity index (χ3n) is 2.29. The van der Waals surface area contributed by atoms with Gasteiger partial charge < -0.3 is 5.11 Å². The second-order valence-corrected chi connectivity index (χ2v) is 7.35. The van der Waals surface area contributed by atoms with Crippen molar-refractivity contribution in [1.29, 1.82) is 0 Å². The molecule has 0 unspecified atom stereocenters. The second-order valence-electron chi connectivity index (χ2n) is 3.73. The van der Waals surface area contributed by atoms with E-state index in [2.05, 4.69) is 4.98 Å². The first kappa shape index (κ1) is 15.4. The zero-order chi connectivity index (χ0) is 15.6. The molecule has 2 heterocycles. The van der Waals surface area contributed by atoms with Crippen molar-refractivity contribution in [3.05, 3.63) is 46.1 Å². The average Bonchev–Trinajstić information content (AvgIpc) is 2.86. The summed E-state index contributed by atoms with van der Waals surface area (Å²) in [5.74, 6) is -2.16. The number of halogens is 1. The van der Waals surface area contributed by atoms with Gasteiger partial charge in [0.1, 0.15) is 9.90 Å². The van der Waals surface area contributed by atoms with E-state index in [4.69, 9.17) is 16.7 Å². The van der Waals surface area contributed by atoms with Crippen LogP contribution in [0.3, 0.4) is 0 Å². The summed E-state index contributed by atoms with van der Waals surface area (Å²) >= 11 is 6.45. The number of thiophene rings is 1. The first-order valence-corrected chi connectivity index (χ1v) is 7.99. The van der Waals surface area contributed by atoms with Crippen LogP contribution in [0.2, 0.25) is 4.34 Å². The molecule has 2 aromatic rings. The van der Waals surface area contributed by atoms with Crippen LogP contribution < -0.4 is 4.72 Å². The number of carbonyl (C=O) groups is 2. The van der Waals surface area contributed by atoms with Crippen LogP contribution in [0.4, 0.5) is 0 Å². The average molecular weight is 347 g/mol. The molecule has 10 heteroatoms. The summed E-state index contributed by atoms with van der Waals surface area (Å²) in [6.45, 7) is 0. The molecule has 0 aliphatic carbocycles. The van der Waals surface area contributed by atoms with Crippen molar-refractivity contribution in [1.82, 2.24) is 9.71 Å². The van der Waals surface area contributed by atoms with E-state index in [0.717, 1.165) is 23.6 Å². The van der Waals surface area contributed by atoms with Gasteiger partial charge in [0.15, 0.2) is 0 Å². The van der Waals surface area contributed by atoms with Crippen molar-refractivity contribution in [3.8, 4) is 0 Å². The van der Waals surface area contributed by atoms with Crippen LogP contribution in [0.15, 0.2) is 34.7 Å². The standard InChI is InChI=1S/C11H7ClN2O5S2/c12-8-3-4-9(20-8)21(18,19)14-10(15)6-1-2-7(11(16)17)13-5-6/h1-5H,(H,14,15)(H,16,17). The summed E-state index contributed by atoms with van der Waals surface area (Å²) in [6, 6.07) is 4.94. The molecule has 21 heavy (non-hydrogen) atoms. The van der Waals surface area contributed by atoms with Gasteiger partial charge in [0.2, 0.25) is 0 Å². The molecule has 7 nitrogen and oxygen atoms in total. The first-order chi connectivity index (χ1) is 9.79. The lowest BCUT2D eigenvalue weighted by atomic mass is 10.2. The molecule has 2 rings (SSSR count). The van der Waals surface area contributed by atoms with Gasteiger partial charge in [-0.05, 0) is 24.3 Å². The van der Waals surface area contributed by atoms with Crippen LogP contribution in [0.25, 0.3) is 0 Å². The van der Waals surface area contributed by atoms with Gasteiger partial charge in [0, 0.05) is 6.20 Å². The van der Waals surface area contributed by atoms with E-state index in [-0.39, 0.29) is 19.8 Å². The number of rotatable bonds is 4. The van der Waals surface area contributed by atoms with E-state index in [1.54, 1.807) is 0 Å². The van der Waals surface area contributed by atoms with Crippen LogP contribution in [-0.4, -0.2) is 30.4 Å². The molecule has 2 aromatic heterocycles. The van der Waals surface area contributed by atoms with Crippen LogP contribution in [0.5, 0.6) is 0 Å². The highest BCUT2D eigenvalue weighted by molar-refractivity contribution is 7.92. The number of sulfonamides is 1. The van der Waals surface area contributed by atoms with Crippen LogP contribution in [0.1, 0.15) is 20.8 Å². The normalized spacial score (nSPS) is 11.1. The van der Waals surface area contributed by atoms with Gasteiger partial charge in [-0.1, -0.05) is 11.6 Å². The fourth-order valence-corrected chi connectivity index (χ4v) is 3.78. The lowest BCUT2D eigenvalue weighted by Crippen LogP contribution is -2.30. The van der Waals surface area contributed by atoms with E-state index in [1.165, 1.54) is 18.2 Å². The Hall–Kier alpha value is -1.97. The zero-order valence-electron chi connectivity index (χ0n) is 10.1. The topological polar surface area (TPSA) is 113 Å². The Kier molecular flexibility index (Phi) is 4.26. The van der Waals surface area contributed by atoms with Crippen molar-refractivity contribution < 1.29 is 23.1 Å². The van der Waals surface area contributed by atoms with Crippen molar-refractivity contribution in [2.75, 3.05) is 0 Å². The largest absolute Gasteiger partial charge is 0.477 e. The molecule has 0 bridgehead atoms. The lowest BCUT2D eigenvalue weighted by molar-refractivity contribution is 0.0689. The fraction of sp³-hybridized carbons (Fsp3) is 0. The molecule has 0 aliphatic rings. The number of carbonyl (C=O) groups excluding carboxylic acids is 1. The number of nitrogens with zero attached hydrogens (tertiary/aromatic N) is 1. The zero-order valence-corrected chi connectivity index (χ0v) is 12.5. The smallest absolute Gasteiger partial charge is 0.354 e. The molecule has 0 saturated heterocycles. The SMILES string of the molecule is O=C(NS(=O)(=O)c1ccc(Cl)s1)c1ccc(C(=O)O)nc1. The minimum atomic E-state index is -4.02. The van der Waals surface area contributed by atoms with Crippen molar-refractivity contribution >= 4 is 44.8 Å². The second kappa shape index (κ2) is 5.80. The molecule has 0 saturated carbocycles. The number of nitrogens with one attached hydrogen (secondary N) is 1. The van der Waals surface area contributed by atoms with Gasteiger partial charge in [-0.2, -0.15) is 0 Å². The lowest BCUT2D eigenvalue weighted by Gasteiger charge is -2.04. The molecule has 1 amide bonds. The van der Waals surface area contributed by atoms with Crippen LogP contribution >= 0.6 is 22.9 Å². The minimum absolute atomic E-state index is 0.0776. The van der Waals surface area contributed by atoms with Crippen molar-refractivity contribution in [2.45, 2.75) is 4.21 Å². The highest BCUT2D eigenvalue weighted by atomic mass is 35.5. The van der Waals surface area contributed by atoms with Gasteiger partial charge >= 0.3 is 5.97 Å². The predicted molar refractivity (Wildman–Crippen MR) is 75.2 cm³/mol. The molecule has 0 radical (unpaired) electrons. The molecule has 2 N–H and O–H groups in total. The number of aromatic carboxylic acids is 1. The first-order valence-electron chi connectivity index (χ1n) is 5.31. The van der Waals surface area contributed by atoms with Crippen LogP contribution in [0, 0.1) is 0 Å². The molecule has 0 fully saturated rings.